The van der Waals surface area contributed by atoms with Crippen LogP contribution < -0.4 is 0 Å². The molecule has 126 valence electrons. The number of hydrogen-bond acceptors (Lipinski definition) is 4. The number of benzene rings is 2. The Morgan fingerprint density at radius 3 is 1.83 bits per heavy atom. The normalized spacial score (nSPS) is 12.2. The van der Waals surface area contributed by atoms with Crippen molar-refractivity contribution < 1.29 is 27.5 Å². The molecule has 2 aromatic carbocycles. The highest BCUT2D eigenvalue weighted by molar-refractivity contribution is 6.12. The Labute approximate surface area is 136 Å². The molecule has 0 spiro atoms. The van der Waals surface area contributed by atoms with Crippen molar-refractivity contribution in [3.8, 4) is 0 Å². The van der Waals surface area contributed by atoms with Crippen molar-refractivity contribution in [1.29, 1.82) is 0 Å². The number of hydrogen-bond donors (Lipinski definition) is 0. The van der Waals surface area contributed by atoms with Crippen LogP contribution in [0.5, 0.6) is 0 Å². The van der Waals surface area contributed by atoms with Gasteiger partial charge in [-0.3, -0.25) is 0 Å². The molecule has 0 heterocycles. The van der Waals surface area contributed by atoms with E-state index in [1.54, 1.807) is 48.5 Å². The molecule has 2 aromatic rings. The third kappa shape index (κ3) is 4.84. The summed E-state index contributed by atoms with van der Waals surface area (Å²) in [6, 6.07) is 17.9. The Kier molecular flexibility index (Phi) is 5.57. The summed E-state index contributed by atoms with van der Waals surface area (Å²) in [6.07, 6.45) is -6.57. The molecule has 0 aliphatic rings. The van der Waals surface area contributed by atoms with Crippen molar-refractivity contribution in [2.75, 3.05) is 0 Å². The first-order chi connectivity index (χ1) is 11.4. The molecule has 4 nitrogen and oxygen atoms in total. The van der Waals surface area contributed by atoms with E-state index < -0.39 is 18.4 Å². The van der Waals surface area contributed by atoms with E-state index in [2.05, 4.69) is 9.89 Å². The number of rotatable bonds is 5. The minimum absolute atomic E-state index is 0.408. The minimum atomic E-state index is -5.08. The average molecular weight is 337 g/mol. The summed E-state index contributed by atoms with van der Waals surface area (Å²) in [7, 11) is 0. The minimum Gasteiger partial charge on any atom is -0.417 e. The fourth-order valence-corrected chi connectivity index (χ4v) is 1.83. The van der Waals surface area contributed by atoms with E-state index >= 15 is 0 Å². The van der Waals surface area contributed by atoms with Gasteiger partial charge in [-0.1, -0.05) is 65.8 Å². The Morgan fingerprint density at radius 1 is 0.958 bits per heavy atom. The van der Waals surface area contributed by atoms with Gasteiger partial charge in [0.2, 0.25) is 0 Å². The molecule has 24 heavy (non-hydrogen) atoms. The number of ether oxygens (including phenoxy) is 1. The lowest BCUT2D eigenvalue weighted by Gasteiger charge is -2.14. The maximum absolute atomic E-state index is 12.2. The molecule has 0 amide bonds. The van der Waals surface area contributed by atoms with Gasteiger partial charge in [-0.15, -0.1) is 0 Å². The van der Waals surface area contributed by atoms with Crippen LogP contribution >= 0.6 is 0 Å². The van der Waals surface area contributed by atoms with Gasteiger partial charge in [0, 0.05) is 18.1 Å². The zero-order chi connectivity index (χ0) is 17.6. The fraction of sp³-hybridized carbons (Fsp3) is 0.176. The molecule has 0 saturated heterocycles. The van der Waals surface area contributed by atoms with Gasteiger partial charge < -0.3 is 9.57 Å². The zero-order valence-electron chi connectivity index (χ0n) is 12.7. The summed E-state index contributed by atoms with van der Waals surface area (Å²) in [5.74, 6) is -2.33. The van der Waals surface area contributed by atoms with Crippen LogP contribution in [-0.4, -0.2) is 24.1 Å². The van der Waals surface area contributed by atoms with Crippen LogP contribution in [0.1, 0.15) is 18.1 Å². The van der Waals surface area contributed by atoms with E-state index in [-0.39, 0.29) is 0 Å². The summed E-state index contributed by atoms with van der Waals surface area (Å²) in [5.41, 5.74) is 1.82. The molecule has 0 N–H and O–H groups in total. The molecule has 0 saturated carbocycles. The van der Waals surface area contributed by atoms with E-state index in [0.29, 0.717) is 16.8 Å². The third-order valence-corrected chi connectivity index (χ3v) is 2.89. The maximum atomic E-state index is 12.2. The van der Waals surface area contributed by atoms with Crippen molar-refractivity contribution in [1.82, 2.24) is 0 Å². The van der Waals surface area contributed by atoms with Crippen LogP contribution in [0.15, 0.2) is 65.8 Å². The molecule has 7 heteroatoms. The van der Waals surface area contributed by atoms with Crippen LogP contribution in [0.4, 0.5) is 13.2 Å². The number of carbonyl (C=O) groups is 1. The zero-order valence-corrected chi connectivity index (χ0v) is 12.7. The van der Waals surface area contributed by atoms with Gasteiger partial charge in [0.25, 0.3) is 6.29 Å². The second kappa shape index (κ2) is 7.63. The third-order valence-electron chi connectivity index (χ3n) is 2.89. The highest BCUT2D eigenvalue weighted by Crippen LogP contribution is 2.18. The van der Waals surface area contributed by atoms with E-state index in [1.807, 2.05) is 12.1 Å². The topological polar surface area (TPSA) is 47.9 Å². The summed E-state index contributed by atoms with van der Waals surface area (Å²) in [6.45, 7) is 1.15. The molecule has 0 aromatic heterocycles. The molecule has 0 aliphatic carbocycles. The SMILES string of the molecule is CC(ON=C(c1ccccc1)c1ccccc1)OC(=O)C(F)(F)F. The number of alkyl halides is 3. The highest BCUT2D eigenvalue weighted by atomic mass is 19.4. The monoisotopic (exact) mass is 337 g/mol. The molecular weight excluding hydrogens is 323 g/mol. The second-order valence-corrected chi connectivity index (χ2v) is 4.75. The summed E-state index contributed by atoms with van der Waals surface area (Å²) in [5, 5.41) is 3.87. The van der Waals surface area contributed by atoms with Gasteiger partial charge in [-0.25, -0.2) is 4.79 Å². The predicted molar refractivity (Wildman–Crippen MR) is 81.2 cm³/mol. The number of carbonyl (C=O) groups excluding carboxylic acids is 1. The second-order valence-electron chi connectivity index (χ2n) is 4.75. The quantitative estimate of drug-likeness (QED) is 0.360. The summed E-state index contributed by atoms with van der Waals surface area (Å²) >= 11 is 0. The van der Waals surface area contributed by atoms with Crippen molar-refractivity contribution in [3.05, 3.63) is 71.8 Å². The van der Waals surface area contributed by atoms with Crippen molar-refractivity contribution in [3.63, 3.8) is 0 Å². The van der Waals surface area contributed by atoms with E-state index in [0.717, 1.165) is 6.92 Å². The summed E-state index contributed by atoms with van der Waals surface area (Å²) < 4.78 is 40.7. The van der Waals surface area contributed by atoms with Crippen molar-refractivity contribution in [2.45, 2.75) is 19.4 Å². The lowest BCUT2D eigenvalue weighted by Crippen LogP contribution is -2.29. The molecule has 1 atom stereocenters. The lowest BCUT2D eigenvalue weighted by atomic mass is 10.0. The average Bonchev–Trinajstić information content (AvgIpc) is 2.56. The Balaban J connectivity index is 2.19. The first kappa shape index (κ1) is 17.5. The van der Waals surface area contributed by atoms with Crippen molar-refractivity contribution >= 4 is 11.7 Å². The van der Waals surface area contributed by atoms with Crippen molar-refractivity contribution in [2.24, 2.45) is 5.16 Å². The Morgan fingerprint density at radius 2 is 1.42 bits per heavy atom. The van der Waals surface area contributed by atoms with Gasteiger partial charge in [-0.05, 0) is 0 Å². The fourth-order valence-electron chi connectivity index (χ4n) is 1.83. The van der Waals surface area contributed by atoms with Gasteiger partial charge in [-0.2, -0.15) is 13.2 Å². The predicted octanol–water partition coefficient (Wildman–Crippen LogP) is 3.91. The van der Waals surface area contributed by atoms with Gasteiger partial charge in [0.15, 0.2) is 0 Å². The van der Waals surface area contributed by atoms with Crippen LogP contribution in [0.25, 0.3) is 0 Å². The van der Waals surface area contributed by atoms with Gasteiger partial charge in [0.1, 0.15) is 5.71 Å². The maximum Gasteiger partial charge on any atom is 0.491 e. The first-order valence-corrected chi connectivity index (χ1v) is 7.00. The molecule has 0 radical (unpaired) electrons. The highest BCUT2D eigenvalue weighted by Gasteiger charge is 2.42. The molecule has 2 rings (SSSR count). The number of halogens is 3. The summed E-state index contributed by atoms with van der Waals surface area (Å²) in [4.78, 5) is 15.7. The molecule has 0 aliphatic heterocycles. The van der Waals surface area contributed by atoms with Gasteiger partial charge >= 0.3 is 12.1 Å². The number of nitrogens with zero attached hydrogens (tertiary/aromatic N) is 1. The van der Waals surface area contributed by atoms with E-state index in [4.69, 9.17) is 4.84 Å². The lowest BCUT2D eigenvalue weighted by molar-refractivity contribution is -0.223. The van der Waals surface area contributed by atoms with Crippen LogP contribution in [0, 0.1) is 0 Å². The smallest absolute Gasteiger partial charge is 0.417 e. The first-order valence-electron chi connectivity index (χ1n) is 7.00. The molecular formula is C17H14F3NO3. The van der Waals surface area contributed by atoms with Crippen LogP contribution in [0.3, 0.4) is 0 Å². The molecule has 0 fully saturated rings. The Bertz CT molecular complexity index is 659. The molecule has 1 unspecified atom stereocenters. The van der Waals surface area contributed by atoms with E-state index in [1.165, 1.54) is 0 Å². The molecule has 0 bridgehead atoms. The van der Waals surface area contributed by atoms with Gasteiger partial charge in [0.05, 0.1) is 0 Å². The standard InChI is InChI=1S/C17H14F3NO3/c1-12(23-16(22)17(18,19)20)24-21-15(13-8-4-2-5-9-13)14-10-6-3-7-11-14/h2-12H,1H3. The number of oxime groups is 1. The number of esters is 1. The van der Waals surface area contributed by atoms with Crippen LogP contribution in [-0.2, 0) is 14.4 Å². The van der Waals surface area contributed by atoms with Crippen LogP contribution in [0.2, 0.25) is 0 Å². The Hall–Kier alpha value is -2.83. The largest absolute Gasteiger partial charge is 0.491 e. The van der Waals surface area contributed by atoms with E-state index in [9.17, 15) is 18.0 Å².